The van der Waals surface area contributed by atoms with E-state index in [4.69, 9.17) is 16.3 Å². The van der Waals surface area contributed by atoms with Crippen LogP contribution < -0.4 is 0 Å². The second-order valence-corrected chi connectivity index (χ2v) is 6.35. The molecule has 0 spiro atoms. The Balaban J connectivity index is 2.10. The number of benzene rings is 1. The zero-order valence-electron chi connectivity index (χ0n) is 13.7. The third-order valence-corrected chi connectivity index (χ3v) is 4.67. The van der Waals surface area contributed by atoms with Crippen molar-refractivity contribution in [3.63, 3.8) is 0 Å². The van der Waals surface area contributed by atoms with Crippen LogP contribution >= 0.6 is 11.6 Å². The molecule has 8 heteroatoms. The molecule has 0 saturated carbocycles. The summed E-state index contributed by atoms with van der Waals surface area (Å²) in [5.41, 5.74) is -2.06. The number of aromatic nitrogens is 1. The number of aliphatic hydroxyl groups is 1. The Kier molecular flexibility index (Phi) is 4.94. The molecule has 0 saturated heterocycles. The fourth-order valence-corrected chi connectivity index (χ4v) is 3.29. The zero-order chi connectivity index (χ0) is 19.1. The third-order valence-electron chi connectivity index (χ3n) is 4.38. The highest BCUT2D eigenvalue weighted by atomic mass is 35.5. The number of rotatable bonds is 4. The van der Waals surface area contributed by atoms with E-state index in [-0.39, 0.29) is 41.3 Å². The SMILES string of the molecule is CCOC(=O)C1(O)CCc2cc(-c3c(C(F)F)ccc(Cl)c3F)cnc21. The first kappa shape index (κ1) is 18.7. The van der Waals surface area contributed by atoms with Gasteiger partial charge in [-0.3, -0.25) is 4.98 Å². The van der Waals surface area contributed by atoms with E-state index in [1.165, 1.54) is 6.07 Å². The van der Waals surface area contributed by atoms with Crippen LogP contribution in [0.2, 0.25) is 5.02 Å². The van der Waals surface area contributed by atoms with E-state index in [1.54, 1.807) is 6.92 Å². The standard InChI is InChI=1S/C18H15ClF3NO3/c1-2-26-17(24)18(25)6-5-9-7-10(8-23-15(9)18)13-11(16(21)22)3-4-12(19)14(13)20/h3-4,7-8,16,25H,2,5-6H2,1H3. The van der Waals surface area contributed by atoms with Gasteiger partial charge in [0.15, 0.2) is 0 Å². The number of hydrogen-bond acceptors (Lipinski definition) is 4. The van der Waals surface area contributed by atoms with Crippen LogP contribution in [0.1, 0.15) is 36.6 Å². The average Bonchev–Trinajstić information content (AvgIpc) is 2.95. The maximum Gasteiger partial charge on any atom is 0.344 e. The van der Waals surface area contributed by atoms with Crippen LogP contribution in [0.25, 0.3) is 11.1 Å². The highest BCUT2D eigenvalue weighted by molar-refractivity contribution is 6.31. The first-order chi connectivity index (χ1) is 12.3. The molecule has 0 bridgehead atoms. The molecular formula is C18H15ClF3NO3. The molecule has 0 radical (unpaired) electrons. The molecule has 1 aliphatic rings. The maximum atomic E-state index is 14.4. The van der Waals surface area contributed by atoms with Crippen molar-refractivity contribution in [2.75, 3.05) is 6.61 Å². The van der Waals surface area contributed by atoms with Crippen LogP contribution in [0.4, 0.5) is 13.2 Å². The number of carbonyl (C=O) groups is 1. The Morgan fingerprint density at radius 1 is 1.46 bits per heavy atom. The Morgan fingerprint density at radius 3 is 2.85 bits per heavy atom. The molecule has 1 atom stereocenters. The first-order valence-corrected chi connectivity index (χ1v) is 8.32. The number of halogens is 4. The highest BCUT2D eigenvalue weighted by Gasteiger charge is 2.46. The summed E-state index contributed by atoms with van der Waals surface area (Å²) in [5, 5.41) is 10.3. The van der Waals surface area contributed by atoms with E-state index < -0.39 is 29.4 Å². The second kappa shape index (κ2) is 6.89. The molecule has 3 rings (SSSR count). The molecule has 2 aromatic rings. The van der Waals surface area contributed by atoms with Gasteiger partial charge < -0.3 is 9.84 Å². The van der Waals surface area contributed by atoms with Crippen LogP contribution in [0.15, 0.2) is 24.4 Å². The lowest BCUT2D eigenvalue weighted by Crippen LogP contribution is -2.35. The topological polar surface area (TPSA) is 59.4 Å². The van der Waals surface area contributed by atoms with Crippen molar-refractivity contribution in [2.24, 2.45) is 0 Å². The fourth-order valence-electron chi connectivity index (χ4n) is 3.13. The lowest BCUT2D eigenvalue weighted by molar-refractivity contribution is -0.166. The molecule has 1 N–H and O–H groups in total. The van der Waals surface area contributed by atoms with E-state index in [0.717, 1.165) is 18.3 Å². The van der Waals surface area contributed by atoms with Gasteiger partial charge >= 0.3 is 5.97 Å². The molecule has 4 nitrogen and oxygen atoms in total. The van der Waals surface area contributed by atoms with Crippen LogP contribution in [-0.4, -0.2) is 22.7 Å². The van der Waals surface area contributed by atoms with Gasteiger partial charge in [-0.1, -0.05) is 17.7 Å². The molecule has 1 heterocycles. The van der Waals surface area contributed by atoms with Crippen molar-refractivity contribution >= 4 is 17.6 Å². The number of fused-ring (bicyclic) bond motifs is 1. The van der Waals surface area contributed by atoms with E-state index >= 15 is 0 Å². The minimum absolute atomic E-state index is 0.0529. The van der Waals surface area contributed by atoms with Gasteiger partial charge in [0.05, 0.1) is 17.3 Å². The number of ether oxygens (including phenoxy) is 1. The van der Waals surface area contributed by atoms with E-state index in [9.17, 15) is 23.1 Å². The van der Waals surface area contributed by atoms with Crippen LogP contribution in [0, 0.1) is 5.82 Å². The minimum atomic E-state index is -2.90. The Morgan fingerprint density at radius 2 is 2.19 bits per heavy atom. The second-order valence-electron chi connectivity index (χ2n) is 5.94. The smallest absolute Gasteiger partial charge is 0.344 e. The first-order valence-electron chi connectivity index (χ1n) is 7.95. The summed E-state index contributed by atoms with van der Waals surface area (Å²) in [5.74, 6) is -1.79. The molecule has 1 aliphatic carbocycles. The summed E-state index contributed by atoms with van der Waals surface area (Å²) >= 11 is 5.74. The Hall–Kier alpha value is -2.12. The van der Waals surface area contributed by atoms with Crippen molar-refractivity contribution in [1.29, 1.82) is 0 Å². The number of aryl methyl sites for hydroxylation is 1. The summed E-state index contributed by atoms with van der Waals surface area (Å²) < 4.78 is 45.9. The Bertz CT molecular complexity index is 875. The third kappa shape index (κ3) is 2.95. The molecule has 0 amide bonds. The minimum Gasteiger partial charge on any atom is -0.464 e. The van der Waals surface area contributed by atoms with Gasteiger partial charge in [0.2, 0.25) is 5.60 Å². The van der Waals surface area contributed by atoms with Gasteiger partial charge in [-0.25, -0.2) is 18.0 Å². The molecular weight excluding hydrogens is 371 g/mol. The van der Waals surface area contributed by atoms with Crippen molar-refractivity contribution in [3.05, 3.63) is 52.1 Å². The van der Waals surface area contributed by atoms with Gasteiger partial charge in [-0.05, 0) is 37.5 Å². The van der Waals surface area contributed by atoms with E-state index in [2.05, 4.69) is 4.98 Å². The maximum absolute atomic E-state index is 14.4. The molecule has 1 aromatic carbocycles. The number of alkyl halides is 2. The molecule has 138 valence electrons. The summed E-state index contributed by atoms with van der Waals surface area (Å²) in [6.45, 7) is 1.71. The number of esters is 1. The average molecular weight is 386 g/mol. The lowest BCUT2D eigenvalue weighted by atomic mass is 9.97. The van der Waals surface area contributed by atoms with Crippen LogP contribution in [0.3, 0.4) is 0 Å². The predicted octanol–water partition coefficient (Wildman–Crippen LogP) is 4.18. The lowest BCUT2D eigenvalue weighted by Gasteiger charge is -2.20. The monoisotopic (exact) mass is 385 g/mol. The van der Waals surface area contributed by atoms with Crippen molar-refractivity contribution in [2.45, 2.75) is 31.8 Å². The van der Waals surface area contributed by atoms with Gasteiger partial charge in [0.25, 0.3) is 6.43 Å². The van der Waals surface area contributed by atoms with Gasteiger partial charge in [-0.15, -0.1) is 0 Å². The van der Waals surface area contributed by atoms with Gasteiger partial charge in [0.1, 0.15) is 5.82 Å². The van der Waals surface area contributed by atoms with E-state index in [0.29, 0.717) is 5.56 Å². The highest BCUT2D eigenvalue weighted by Crippen LogP contribution is 2.41. The summed E-state index contributed by atoms with van der Waals surface area (Å²) in [6.07, 6.45) is -1.43. The number of nitrogens with zero attached hydrogens (tertiary/aromatic N) is 1. The quantitative estimate of drug-likeness (QED) is 0.802. The van der Waals surface area contributed by atoms with Crippen molar-refractivity contribution in [1.82, 2.24) is 4.98 Å². The normalized spacial score (nSPS) is 18.9. The van der Waals surface area contributed by atoms with Crippen molar-refractivity contribution < 1.29 is 27.8 Å². The molecule has 1 aromatic heterocycles. The number of carbonyl (C=O) groups excluding carboxylic acids is 1. The number of pyridine rings is 1. The molecule has 1 unspecified atom stereocenters. The summed E-state index contributed by atoms with van der Waals surface area (Å²) in [4.78, 5) is 16.1. The molecule has 0 aliphatic heterocycles. The van der Waals surface area contributed by atoms with Gasteiger partial charge in [-0.2, -0.15) is 0 Å². The number of hydrogen-bond donors (Lipinski definition) is 1. The fraction of sp³-hybridized carbons (Fsp3) is 0.333. The zero-order valence-corrected chi connectivity index (χ0v) is 14.5. The molecule has 0 fully saturated rings. The van der Waals surface area contributed by atoms with E-state index in [1.807, 2.05) is 0 Å². The van der Waals surface area contributed by atoms with Crippen LogP contribution in [0.5, 0.6) is 0 Å². The largest absolute Gasteiger partial charge is 0.464 e. The van der Waals surface area contributed by atoms with Crippen LogP contribution in [-0.2, 0) is 21.6 Å². The van der Waals surface area contributed by atoms with Gasteiger partial charge in [0, 0.05) is 22.9 Å². The summed E-state index contributed by atoms with van der Waals surface area (Å²) in [7, 11) is 0. The molecule has 26 heavy (non-hydrogen) atoms. The predicted molar refractivity (Wildman–Crippen MR) is 88.4 cm³/mol. The Labute approximate surface area is 152 Å². The summed E-state index contributed by atoms with van der Waals surface area (Å²) in [6, 6.07) is 3.58. The van der Waals surface area contributed by atoms with Crippen molar-refractivity contribution in [3.8, 4) is 11.1 Å².